The Balaban J connectivity index is 2.41. The van der Waals surface area contributed by atoms with Gasteiger partial charge in [0.1, 0.15) is 17.4 Å². The van der Waals surface area contributed by atoms with Crippen molar-refractivity contribution in [2.45, 2.75) is 0 Å². The first-order chi connectivity index (χ1) is 8.22. The Morgan fingerprint density at radius 3 is 2.82 bits per heavy atom. The van der Waals surface area contributed by atoms with Gasteiger partial charge < -0.3 is 5.32 Å². The number of hydrogen-bond acceptors (Lipinski definition) is 3. The van der Waals surface area contributed by atoms with Crippen molar-refractivity contribution in [3.05, 3.63) is 52.5 Å². The molecule has 1 N–H and O–H groups in total. The largest absolute Gasteiger partial charge is 0.353 e. The number of nitrogens with zero attached hydrogens (tertiary/aromatic N) is 2. The summed E-state index contributed by atoms with van der Waals surface area (Å²) in [5.74, 6) is -0.539. The molecule has 84 valence electrons. The van der Waals surface area contributed by atoms with E-state index in [1.54, 1.807) is 30.6 Å². The SMILES string of the molecule is N#Cc1c(F)cccc1Nc1ccncc1Br. The molecule has 0 fully saturated rings. The molecule has 0 aliphatic heterocycles. The van der Waals surface area contributed by atoms with Gasteiger partial charge in [-0.25, -0.2) is 4.39 Å². The first-order valence-electron chi connectivity index (χ1n) is 4.77. The molecular formula is C12H7BrFN3. The minimum atomic E-state index is -0.539. The molecule has 17 heavy (non-hydrogen) atoms. The summed E-state index contributed by atoms with van der Waals surface area (Å²) in [6.45, 7) is 0. The maximum absolute atomic E-state index is 13.4. The lowest BCUT2D eigenvalue weighted by Gasteiger charge is -2.09. The molecule has 0 saturated heterocycles. The molecule has 1 aromatic carbocycles. The standard InChI is InChI=1S/C12H7BrFN3/c13-9-7-16-5-4-12(9)17-11-3-1-2-10(14)8(11)6-15/h1-5,7H,(H,16,17). The molecule has 1 heterocycles. The van der Waals surface area contributed by atoms with Crippen molar-refractivity contribution >= 4 is 27.3 Å². The summed E-state index contributed by atoms with van der Waals surface area (Å²) in [6, 6.07) is 8.02. The first-order valence-corrected chi connectivity index (χ1v) is 5.57. The van der Waals surface area contributed by atoms with Crippen LogP contribution in [0.2, 0.25) is 0 Å². The van der Waals surface area contributed by atoms with Crippen LogP contribution in [0.1, 0.15) is 5.56 Å². The lowest BCUT2D eigenvalue weighted by Crippen LogP contribution is -1.96. The normalized spacial score (nSPS) is 9.71. The average Bonchev–Trinajstić information content (AvgIpc) is 2.32. The molecule has 0 unspecified atom stereocenters. The van der Waals surface area contributed by atoms with Crippen LogP contribution in [0.15, 0.2) is 41.1 Å². The van der Waals surface area contributed by atoms with Crippen molar-refractivity contribution in [2.75, 3.05) is 5.32 Å². The van der Waals surface area contributed by atoms with Crippen LogP contribution in [0.4, 0.5) is 15.8 Å². The Labute approximate surface area is 106 Å². The summed E-state index contributed by atoms with van der Waals surface area (Å²) in [5.41, 5.74) is 1.15. The highest BCUT2D eigenvalue weighted by Crippen LogP contribution is 2.27. The van der Waals surface area contributed by atoms with Crippen LogP contribution in [0.3, 0.4) is 0 Å². The molecule has 0 saturated carbocycles. The maximum Gasteiger partial charge on any atom is 0.143 e. The quantitative estimate of drug-likeness (QED) is 0.920. The van der Waals surface area contributed by atoms with Crippen molar-refractivity contribution in [3.63, 3.8) is 0 Å². The molecule has 0 aliphatic rings. The highest BCUT2D eigenvalue weighted by atomic mass is 79.9. The lowest BCUT2D eigenvalue weighted by molar-refractivity contribution is 0.624. The molecule has 0 bridgehead atoms. The highest BCUT2D eigenvalue weighted by molar-refractivity contribution is 9.10. The van der Waals surface area contributed by atoms with Crippen LogP contribution < -0.4 is 5.32 Å². The van der Waals surface area contributed by atoms with Gasteiger partial charge in [0.15, 0.2) is 0 Å². The maximum atomic E-state index is 13.4. The fraction of sp³-hybridized carbons (Fsp3) is 0. The van der Waals surface area contributed by atoms with Gasteiger partial charge in [0.25, 0.3) is 0 Å². The second-order valence-electron chi connectivity index (χ2n) is 3.25. The minimum absolute atomic E-state index is 0.00351. The smallest absolute Gasteiger partial charge is 0.143 e. The van der Waals surface area contributed by atoms with Crippen molar-refractivity contribution in [3.8, 4) is 6.07 Å². The number of nitriles is 1. The Morgan fingerprint density at radius 1 is 1.29 bits per heavy atom. The molecule has 2 aromatic rings. The molecule has 0 radical (unpaired) electrons. The number of pyridine rings is 1. The van der Waals surface area contributed by atoms with Gasteiger partial charge in [0.2, 0.25) is 0 Å². The minimum Gasteiger partial charge on any atom is -0.353 e. The molecule has 0 aliphatic carbocycles. The summed E-state index contributed by atoms with van der Waals surface area (Å²) < 4.78 is 14.1. The van der Waals surface area contributed by atoms with Crippen LogP contribution in [0.25, 0.3) is 0 Å². The molecule has 2 rings (SSSR count). The molecular weight excluding hydrogens is 285 g/mol. The molecule has 0 atom stereocenters. The van der Waals surface area contributed by atoms with Gasteiger partial charge in [0.05, 0.1) is 15.8 Å². The van der Waals surface area contributed by atoms with Crippen LogP contribution in [0.5, 0.6) is 0 Å². The van der Waals surface area contributed by atoms with E-state index < -0.39 is 5.82 Å². The number of anilines is 2. The Kier molecular flexibility index (Phi) is 3.35. The summed E-state index contributed by atoms with van der Waals surface area (Å²) in [4.78, 5) is 3.92. The molecule has 0 amide bonds. The van der Waals surface area contributed by atoms with E-state index in [0.717, 1.165) is 10.2 Å². The monoisotopic (exact) mass is 291 g/mol. The fourth-order valence-electron chi connectivity index (χ4n) is 1.36. The molecule has 3 nitrogen and oxygen atoms in total. The third kappa shape index (κ3) is 2.43. The van der Waals surface area contributed by atoms with Crippen molar-refractivity contribution < 1.29 is 4.39 Å². The van der Waals surface area contributed by atoms with E-state index in [0.29, 0.717) is 5.69 Å². The summed E-state index contributed by atoms with van der Waals surface area (Å²) in [5, 5.41) is 11.9. The Morgan fingerprint density at radius 2 is 2.12 bits per heavy atom. The zero-order chi connectivity index (χ0) is 12.3. The van der Waals surface area contributed by atoms with Crippen LogP contribution in [0, 0.1) is 17.1 Å². The van der Waals surface area contributed by atoms with Crippen LogP contribution >= 0.6 is 15.9 Å². The third-order valence-electron chi connectivity index (χ3n) is 2.17. The van der Waals surface area contributed by atoms with Gasteiger partial charge in [-0.15, -0.1) is 0 Å². The van der Waals surface area contributed by atoms with E-state index in [2.05, 4.69) is 26.2 Å². The number of rotatable bonds is 2. The summed E-state index contributed by atoms with van der Waals surface area (Å²) >= 11 is 3.32. The van der Waals surface area contributed by atoms with Crippen LogP contribution in [-0.4, -0.2) is 4.98 Å². The van der Waals surface area contributed by atoms with Gasteiger partial charge in [-0.05, 0) is 34.1 Å². The second-order valence-corrected chi connectivity index (χ2v) is 4.11. The number of benzene rings is 1. The van der Waals surface area contributed by atoms with Gasteiger partial charge in [0, 0.05) is 12.4 Å². The van der Waals surface area contributed by atoms with E-state index in [1.165, 1.54) is 6.07 Å². The van der Waals surface area contributed by atoms with Crippen molar-refractivity contribution in [2.24, 2.45) is 0 Å². The third-order valence-corrected chi connectivity index (χ3v) is 2.80. The summed E-state index contributed by atoms with van der Waals surface area (Å²) in [7, 11) is 0. The average molecular weight is 292 g/mol. The van der Waals surface area contributed by atoms with Crippen molar-refractivity contribution in [1.29, 1.82) is 5.26 Å². The van der Waals surface area contributed by atoms with E-state index in [9.17, 15) is 4.39 Å². The van der Waals surface area contributed by atoms with Crippen LogP contribution in [-0.2, 0) is 0 Å². The number of halogens is 2. The zero-order valence-corrected chi connectivity index (χ0v) is 10.2. The first kappa shape index (κ1) is 11.6. The number of aromatic nitrogens is 1. The Bertz CT molecular complexity index is 593. The molecule has 1 aromatic heterocycles. The Hall–Kier alpha value is -1.93. The van der Waals surface area contributed by atoms with E-state index in [4.69, 9.17) is 5.26 Å². The van der Waals surface area contributed by atoms with Gasteiger partial charge in [-0.3, -0.25) is 4.98 Å². The lowest BCUT2D eigenvalue weighted by atomic mass is 10.2. The highest BCUT2D eigenvalue weighted by Gasteiger charge is 2.08. The predicted octanol–water partition coefficient (Wildman–Crippen LogP) is 3.60. The second kappa shape index (κ2) is 4.93. The zero-order valence-electron chi connectivity index (χ0n) is 8.61. The number of hydrogen-bond donors (Lipinski definition) is 1. The predicted molar refractivity (Wildman–Crippen MR) is 66.3 cm³/mol. The summed E-state index contributed by atoms with van der Waals surface area (Å²) in [6.07, 6.45) is 3.23. The van der Waals surface area contributed by atoms with Gasteiger partial charge >= 0.3 is 0 Å². The van der Waals surface area contributed by atoms with Gasteiger partial charge in [-0.1, -0.05) is 6.07 Å². The topological polar surface area (TPSA) is 48.7 Å². The molecule has 5 heteroatoms. The van der Waals surface area contributed by atoms with Gasteiger partial charge in [-0.2, -0.15) is 5.26 Å². The molecule has 0 spiro atoms. The van der Waals surface area contributed by atoms with E-state index in [-0.39, 0.29) is 5.56 Å². The van der Waals surface area contributed by atoms with E-state index in [1.807, 2.05) is 6.07 Å². The fourth-order valence-corrected chi connectivity index (χ4v) is 1.71. The number of nitrogens with one attached hydrogen (secondary N) is 1. The van der Waals surface area contributed by atoms with Crippen molar-refractivity contribution in [1.82, 2.24) is 4.98 Å². The van der Waals surface area contributed by atoms with E-state index >= 15 is 0 Å².